The molecule has 0 aliphatic carbocycles. The molecule has 0 fully saturated rings. The van der Waals surface area contributed by atoms with E-state index in [-0.39, 0.29) is 0 Å². The van der Waals surface area contributed by atoms with Gasteiger partial charge in [0.1, 0.15) is 4.83 Å². The number of benzene rings is 1. The lowest BCUT2D eigenvalue weighted by Crippen LogP contribution is -1.96. The van der Waals surface area contributed by atoms with E-state index in [4.69, 9.17) is 0 Å². The molecule has 1 aromatic carbocycles. The van der Waals surface area contributed by atoms with Crippen LogP contribution < -0.4 is 0 Å². The fraction of sp³-hybridized carbons (Fsp3) is 0.312. The molecular formula is C16H18N2S. The van der Waals surface area contributed by atoms with E-state index >= 15 is 0 Å². The summed E-state index contributed by atoms with van der Waals surface area (Å²) in [5.74, 6) is 0.498. The number of hydrogen-bond donors (Lipinski definition) is 0. The van der Waals surface area contributed by atoms with Gasteiger partial charge in [-0.3, -0.25) is 4.68 Å². The lowest BCUT2D eigenvalue weighted by Gasteiger charge is -2.13. The summed E-state index contributed by atoms with van der Waals surface area (Å²) in [7, 11) is 2.03. The number of thiophene rings is 1. The standard InChI is InChI=1S/C16H18N2S/c1-4-13(12-8-6-5-7-9-12)15-10-14-11(2)17-18(3)16(14)19-15/h5-10,13H,4H2,1-3H3/t13-/m0/s1. The summed E-state index contributed by atoms with van der Waals surface area (Å²) in [4.78, 5) is 2.72. The Morgan fingerprint density at radius 1 is 1.26 bits per heavy atom. The molecule has 2 aromatic heterocycles. The van der Waals surface area contributed by atoms with Crippen molar-refractivity contribution in [3.63, 3.8) is 0 Å². The predicted octanol–water partition coefficient (Wildman–Crippen LogP) is 4.49. The van der Waals surface area contributed by atoms with Crippen molar-refractivity contribution in [2.75, 3.05) is 0 Å². The second-order valence-electron chi connectivity index (χ2n) is 4.95. The molecule has 3 heteroatoms. The first-order valence-corrected chi connectivity index (χ1v) is 7.50. The summed E-state index contributed by atoms with van der Waals surface area (Å²) in [6.07, 6.45) is 1.13. The minimum atomic E-state index is 0.498. The topological polar surface area (TPSA) is 17.8 Å². The van der Waals surface area contributed by atoms with E-state index in [0.29, 0.717) is 5.92 Å². The van der Waals surface area contributed by atoms with E-state index < -0.39 is 0 Å². The molecule has 0 radical (unpaired) electrons. The zero-order valence-electron chi connectivity index (χ0n) is 11.6. The van der Waals surface area contributed by atoms with Gasteiger partial charge in [0.15, 0.2) is 0 Å². The lowest BCUT2D eigenvalue weighted by atomic mass is 9.95. The quantitative estimate of drug-likeness (QED) is 0.686. The van der Waals surface area contributed by atoms with Crippen LogP contribution in [0.25, 0.3) is 10.2 Å². The highest BCUT2D eigenvalue weighted by atomic mass is 32.1. The van der Waals surface area contributed by atoms with Crippen molar-refractivity contribution >= 4 is 21.6 Å². The predicted molar refractivity (Wildman–Crippen MR) is 81.9 cm³/mol. The van der Waals surface area contributed by atoms with Crippen LogP contribution in [-0.4, -0.2) is 9.78 Å². The summed E-state index contributed by atoms with van der Waals surface area (Å²) < 4.78 is 2.00. The van der Waals surface area contributed by atoms with Gasteiger partial charge in [0.05, 0.1) is 5.69 Å². The molecule has 0 bridgehead atoms. The first-order valence-electron chi connectivity index (χ1n) is 6.68. The Morgan fingerprint density at radius 2 is 2.00 bits per heavy atom. The number of nitrogens with zero attached hydrogens (tertiary/aromatic N) is 2. The molecule has 0 N–H and O–H groups in total. The van der Waals surface area contributed by atoms with E-state index in [1.54, 1.807) is 0 Å². The van der Waals surface area contributed by atoms with Crippen molar-refractivity contribution in [1.29, 1.82) is 0 Å². The Bertz CT molecular complexity index is 660. The van der Waals surface area contributed by atoms with E-state index in [0.717, 1.165) is 12.1 Å². The zero-order chi connectivity index (χ0) is 13.4. The molecule has 0 spiro atoms. The molecule has 98 valence electrons. The van der Waals surface area contributed by atoms with Crippen molar-refractivity contribution in [2.45, 2.75) is 26.2 Å². The van der Waals surface area contributed by atoms with Crippen LogP contribution >= 0.6 is 11.3 Å². The van der Waals surface area contributed by atoms with Gasteiger partial charge in [-0.25, -0.2) is 0 Å². The number of aryl methyl sites for hydroxylation is 2. The van der Waals surface area contributed by atoms with Crippen LogP contribution in [0.2, 0.25) is 0 Å². The van der Waals surface area contributed by atoms with Gasteiger partial charge in [-0.15, -0.1) is 11.3 Å². The molecule has 2 nitrogen and oxygen atoms in total. The third kappa shape index (κ3) is 2.08. The molecule has 0 aliphatic heterocycles. The molecular weight excluding hydrogens is 252 g/mol. The highest BCUT2D eigenvalue weighted by Crippen LogP contribution is 2.37. The van der Waals surface area contributed by atoms with Crippen molar-refractivity contribution in [2.24, 2.45) is 7.05 Å². The van der Waals surface area contributed by atoms with Crippen LogP contribution in [0.1, 0.15) is 35.4 Å². The fourth-order valence-corrected chi connectivity index (χ4v) is 4.02. The smallest absolute Gasteiger partial charge is 0.121 e. The van der Waals surface area contributed by atoms with Crippen LogP contribution in [0.15, 0.2) is 36.4 Å². The fourth-order valence-electron chi connectivity index (χ4n) is 2.68. The van der Waals surface area contributed by atoms with E-state index in [1.807, 2.05) is 23.1 Å². The first kappa shape index (κ1) is 12.4. The Labute approximate surface area is 117 Å². The van der Waals surface area contributed by atoms with Gasteiger partial charge in [0.2, 0.25) is 0 Å². The maximum atomic E-state index is 4.48. The van der Waals surface area contributed by atoms with Crippen LogP contribution in [0, 0.1) is 6.92 Å². The van der Waals surface area contributed by atoms with Crippen LogP contribution in [0.4, 0.5) is 0 Å². The molecule has 3 rings (SSSR count). The normalized spacial score (nSPS) is 13.0. The van der Waals surface area contributed by atoms with Gasteiger partial charge < -0.3 is 0 Å². The molecule has 1 atom stereocenters. The van der Waals surface area contributed by atoms with Crippen molar-refractivity contribution in [1.82, 2.24) is 9.78 Å². The third-order valence-corrected chi connectivity index (χ3v) is 4.98. The number of hydrogen-bond acceptors (Lipinski definition) is 2. The Morgan fingerprint density at radius 3 is 2.63 bits per heavy atom. The Balaban J connectivity index is 2.09. The summed E-state index contributed by atoms with van der Waals surface area (Å²) in [5.41, 5.74) is 2.53. The van der Waals surface area contributed by atoms with Gasteiger partial charge in [-0.2, -0.15) is 5.10 Å². The third-order valence-electron chi connectivity index (χ3n) is 3.67. The Kier molecular flexibility index (Phi) is 3.15. The maximum absolute atomic E-state index is 4.48. The molecule has 0 aliphatic rings. The van der Waals surface area contributed by atoms with Crippen molar-refractivity contribution in [3.05, 3.63) is 52.5 Å². The van der Waals surface area contributed by atoms with Crippen LogP contribution in [0.3, 0.4) is 0 Å². The second-order valence-corrected chi connectivity index (χ2v) is 6.01. The molecule has 0 saturated carbocycles. The van der Waals surface area contributed by atoms with E-state index in [9.17, 15) is 0 Å². The highest BCUT2D eigenvalue weighted by molar-refractivity contribution is 7.18. The second kappa shape index (κ2) is 4.82. The summed E-state index contributed by atoms with van der Waals surface area (Å²) in [6.45, 7) is 4.34. The molecule has 0 saturated heterocycles. The molecule has 19 heavy (non-hydrogen) atoms. The highest BCUT2D eigenvalue weighted by Gasteiger charge is 2.17. The van der Waals surface area contributed by atoms with Crippen molar-refractivity contribution in [3.8, 4) is 0 Å². The first-order chi connectivity index (χ1) is 9.20. The largest absolute Gasteiger partial charge is 0.258 e. The van der Waals surface area contributed by atoms with Crippen molar-refractivity contribution < 1.29 is 0 Å². The summed E-state index contributed by atoms with van der Waals surface area (Å²) in [5, 5.41) is 5.78. The minimum Gasteiger partial charge on any atom is -0.258 e. The average Bonchev–Trinajstić information content (AvgIpc) is 2.95. The van der Waals surface area contributed by atoms with Gasteiger partial charge in [-0.1, -0.05) is 37.3 Å². The molecule has 3 aromatic rings. The average molecular weight is 270 g/mol. The van der Waals surface area contributed by atoms with E-state index in [1.165, 1.54) is 20.7 Å². The van der Waals surface area contributed by atoms with Gasteiger partial charge >= 0.3 is 0 Å². The molecule has 0 amide bonds. The number of aromatic nitrogens is 2. The molecule has 2 heterocycles. The minimum absolute atomic E-state index is 0.498. The van der Waals surface area contributed by atoms with Gasteiger partial charge in [0, 0.05) is 23.2 Å². The van der Waals surface area contributed by atoms with Crippen LogP contribution in [0.5, 0.6) is 0 Å². The number of fused-ring (bicyclic) bond motifs is 1. The maximum Gasteiger partial charge on any atom is 0.121 e. The van der Waals surface area contributed by atoms with Gasteiger partial charge in [-0.05, 0) is 25.0 Å². The Hall–Kier alpha value is -1.61. The SMILES string of the molecule is CC[C@@H](c1ccccc1)c1cc2c(C)nn(C)c2s1. The van der Waals surface area contributed by atoms with E-state index in [2.05, 4.69) is 55.3 Å². The van der Waals surface area contributed by atoms with Crippen LogP contribution in [-0.2, 0) is 7.05 Å². The lowest BCUT2D eigenvalue weighted by molar-refractivity contribution is 0.784. The zero-order valence-corrected chi connectivity index (χ0v) is 12.4. The summed E-state index contributed by atoms with van der Waals surface area (Å²) >= 11 is 1.87. The number of rotatable bonds is 3. The summed E-state index contributed by atoms with van der Waals surface area (Å²) in [6, 6.07) is 13.1. The monoisotopic (exact) mass is 270 g/mol. The van der Waals surface area contributed by atoms with Gasteiger partial charge in [0.25, 0.3) is 0 Å². The molecule has 0 unspecified atom stereocenters.